The summed E-state index contributed by atoms with van der Waals surface area (Å²) < 4.78 is 26.1. The fourth-order valence-corrected chi connectivity index (χ4v) is 3.55. The summed E-state index contributed by atoms with van der Waals surface area (Å²) in [5, 5.41) is 10.3. The smallest absolute Gasteiger partial charge is 0.348 e. The predicted molar refractivity (Wildman–Crippen MR) is 118 cm³/mol. The van der Waals surface area contributed by atoms with Crippen molar-refractivity contribution in [2.75, 3.05) is 6.61 Å². The Kier molecular flexibility index (Phi) is 7.20. The third-order valence-corrected chi connectivity index (χ3v) is 4.90. The Morgan fingerprint density at radius 3 is 2.09 bits per heavy atom. The molecule has 2 atom stereocenters. The molecule has 0 radical (unpaired) electrons. The summed E-state index contributed by atoms with van der Waals surface area (Å²) in [5.74, 6) is -1.60. The Morgan fingerprint density at radius 1 is 1.00 bits per heavy atom. The van der Waals surface area contributed by atoms with Crippen LogP contribution in [-0.4, -0.2) is 33.8 Å². The summed E-state index contributed by atoms with van der Waals surface area (Å²) >= 11 is 0. The molecule has 0 saturated heterocycles. The van der Waals surface area contributed by atoms with Crippen LogP contribution in [0.2, 0.25) is 0 Å². The molecule has 1 aromatic heterocycles. The Morgan fingerprint density at radius 2 is 1.56 bits per heavy atom. The van der Waals surface area contributed by atoms with E-state index in [2.05, 4.69) is 9.97 Å². The first-order chi connectivity index (χ1) is 15.2. The number of aryl methyl sites for hydroxylation is 2. The number of aliphatic carboxylic acids is 1. The molecule has 32 heavy (non-hydrogen) atoms. The Hall–Kier alpha value is -3.32. The molecule has 0 saturated carbocycles. The molecule has 1 N–H and O–H groups in total. The summed E-state index contributed by atoms with van der Waals surface area (Å²) in [7, 11) is 0. The van der Waals surface area contributed by atoms with Gasteiger partial charge < -0.3 is 14.6 Å². The summed E-state index contributed by atoms with van der Waals surface area (Å²) in [6.07, 6.45) is -1.55. The van der Waals surface area contributed by atoms with Crippen molar-refractivity contribution in [3.8, 4) is 6.01 Å². The van der Waals surface area contributed by atoms with Gasteiger partial charge in [0.25, 0.3) is 0 Å². The molecule has 0 amide bonds. The van der Waals surface area contributed by atoms with E-state index in [1.807, 2.05) is 19.9 Å². The number of carbonyl (C=O) groups is 1. The molecule has 0 bridgehead atoms. The summed E-state index contributed by atoms with van der Waals surface area (Å²) in [4.78, 5) is 21.2. The number of aromatic nitrogens is 2. The van der Waals surface area contributed by atoms with Gasteiger partial charge >= 0.3 is 12.0 Å². The van der Waals surface area contributed by atoms with Crippen LogP contribution in [0.4, 0.5) is 4.39 Å². The maximum absolute atomic E-state index is 13.8. The lowest BCUT2D eigenvalue weighted by atomic mass is 9.80. The van der Waals surface area contributed by atoms with Gasteiger partial charge in [0.2, 0.25) is 6.10 Å². The van der Waals surface area contributed by atoms with E-state index in [4.69, 9.17) is 9.47 Å². The van der Waals surface area contributed by atoms with E-state index >= 15 is 0 Å². The van der Waals surface area contributed by atoms with Crippen LogP contribution in [0, 0.1) is 25.6 Å². The lowest BCUT2D eigenvalue weighted by Crippen LogP contribution is -2.51. The fourth-order valence-electron chi connectivity index (χ4n) is 3.55. The Labute approximate surface area is 187 Å². The molecular weight excluding hydrogens is 411 g/mol. The number of nitrogens with zero attached hydrogens (tertiary/aromatic N) is 2. The van der Waals surface area contributed by atoms with Gasteiger partial charge in [0.05, 0.1) is 6.61 Å². The van der Waals surface area contributed by atoms with Crippen LogP contribution < -0.4 is 4.74 Å². The van der Waals surface area contributed by atoms with E-state index in [0.717, 1.165) is 0 Å². The van der Waals surface area contributed by atoms with Crippen molar-refractivity contribution in [2.45, 2.75) is 39.4 Å². The van der Waals surface area contributed by atoms with Crippen LogP contribution in [0.5, 0.6) is 6.01 Å². The zero-order valence-electron chi connectivity index (χ0n) is 18.6. The lowest BCUT2D eigenvalue weighted by molar-refractivity contribution is -0.165. The van der Waals surface area contributed by atoms with Gasteiger partial charge in [-0.25, -0.2) is 19.2 Å². The topological polar surface area (TPSA) is 81.5 Å². The Balaban J connectivity index is 2.25. The van der Waals surface area contributed by atoms with Gasteiger partial charge in [-0.1, -0.05) is 56.3 Å². The largest absolute Gasteiger partial charge is 0.478 e. The predicted octanol–water partition coefficient (Wildman–Crippen LogP) is 4.68. The monoisotopic (exact) mass is 438 g/mol. The molecule has 0 unspecified atom stereocenters. The number of benzene rings is 2. The number of hydrogen-bond acceptors (Lipinski definition) is 5. The number of halogens is 1. The molecule has 0 aliphatic rings. The van der Waals surface area contributed by atoms with E-state index in [-0.39, 0.29) is 18.5 Å². The number of hydrogen-bond donors (Lipinski definition) is 1. The summed E-state index contributed by atoms with van der Waals surface area (Å²) in [5.41, 5.74) is 0.719. The van der Waals surface area contributed by atoms with E-state index < -0.39 is 23.5 Å². The van der Waals surface area contributed by atoms with E-state index in [1.54, 1.807) is 44.2 Å². The number of rotatable bonds is 9. The molecule has 168 valence electrons. The van der Waals surface area contributed by atoms with Crippen molar-refractivity contribution in [1.29, 1.82) is 0 Å². The standard InChI is InChI=1S/C25H27FN2O4/c1-16(2)15-31-25(19-8-6-5-7-9-19,20-10-12-21(26)13-11-20)22(23(29)30)32-24-27-17(3)14-18(4)28-24/h5-14,16,22H,15H2,1-4H3,(H,29,30)/t22-,25+/m0/s1. The third-order valence-electron chi connectivity index (χ3n) is 4.90. The van der Waals surface area contributed by atoms with Crippen molar-refractivity contribution in [2.24, 2.45) is 5.92 Å². The van der Waals surface area contributed by atoms with Gasteiger partial charge in [0, 0.05) is 11.4 Å². The molecule has 0 spiro atoms. The SMILES string of the molecule is Cc1cc(C)nc(O[C@@H](C(=O)O)[C@@](OCC(C)C)(c2ccccc2)c2ccc(F)cc2)n1. The zero-order chi connectivity index (χ0) is 23.3. The first kappa shape index (κ1) is 23.3. The minimum atomic E-state index is -1.58. The first-order valence-electron chi connectivity index (χ1n) is 10.4. The van der Waals surface area contributed by atoms with Crippen LogP contribution in [0.15, 0.2) is 60.7 Å². The van der Waals surface area contributed by atoms with Gasteiger partial charge in [0.1, 0.15) is 5.82 Å². The minimum absolute atomic E-state index is 0.0644. The molecule has 0 fully saturated rings. The highest BCUT2D eigenvalue weighted by atomic mass is 19.1. The van der Waals surface area contributed by atoms with Gasteiger partial charge in [0.15, 0.2) is 5.60 Å². The normalized spacial score (nSPS) is 14.1. The number of carboxylic acids is 1. The number of carboxylic acid groups (broad SMARTS) is 1. The van der Waals surface area contributed by atoms with Crippen molar-refractivity contribution < 1.29 is 23.8 Å². The maximum atomic E-state index is 13.8. The second kappa shape index (κ2) is 9.87. The van der Waals surface area contributed by atoms with Crippen LogP contribution >= 0.6 is 0 Å². The second-order valence-electron chi connectivity index (χ2n) is 8.08. The Bertz CT molecular complexity index is 1040. The summed E-state index contributed by atoms with van der Waals surface area (Å²) in [6, 6.07) is 16.2. The molecule has 3 aromatic rings. The van der Waals surface area contributed by atoms with Crippen LogP contribution in [0.25, 0.3) is 0 Å². The third kappa shape index (κ3) is 5.11. The van der Waals surface area contributed by atoms with Crippen molar-refractivity contribution in [1.82, 2.24) is 9.97 Å². The number of ether oxygens (including phenoxy) is 2. The van der Waals surface area contributed by atoms with Crippen LogP contribution in [0.3, 0.4) is 0 Å². The van der Waals surface area contributed by atoms with E-state index in [9.17, 15) is 14.3 Å². The fraction of sp³-hybridized carbons (Fsp3) is 0.320. The highest BCUT2D eigenvalue weighted by molar-refractivity contribution is 5.76. The quantitative estimate of drug-likeness (QED) is 0.522. The van der Waals surface area contributed by atoms with Crippen molar-refractivity contribution in [3.05, 3.63) is 89.0 Å². The van der Waals surface area contributed by atoms with Crippen LogP contribution in [0.1, 0.15) is 36.4 Å². The van der Waals surface area contributed by atoms with Crippen molar-refractivity contribution in [3.63, 3.8) is 0 Å². The van der Waals surface area contributed by atoms with E-state index in [0.29, 0.717) is 22.5 Å². The first-order valence-corrected chi connectivity index (χ1v) is 10.4. The van der Waals surface area contributed by atoms with Gasteiger partial charge in [-0.2, -0.15) is 0 Å². The molecule has 2 aromatic carbocycles. The molecule has 6 nitrogen and oxygen atoms in total. The highest BCUT2D eigenvalue weighted by Crippen LogP contribution is 2.39. The highest BCUT2D eigenvalue weighted by Gasteiger charge is 2.50. The van der Waals surface area contributed by atoms with Gasteiger partial charge in [-0.05, 0) is 49.1 Å². The molecule has 1 heterocycles. The zero-order valence-corrected chi connectivity index (χ0v) is 18.6. The molecule has 0 aliphatic carbocycles. The summed E-state index contributed by atoms with van der Waals surface area (Å²) in [6.45, 7) is 7.72. The van der Waals surface area contributed by atoms with Crippen molar-refractivity contribution >= 4 is 5.97 Å². The van der Waals surface area contributed by atoms with Gasteiger partial charge in [-0.15, -0.1) is 0 Å². The second-order valence-corrected chi connectivity index (χ2v) is 8.08. The molecular formula is C25H27FN2O4. The average Bonchev–Trinajstić information content (AvgIpc) is 2.74. The van der Waals surface area contributed by atoms with Crippen LogP contribution in [-0.2, 0) is 15.1 Å². The average molecular weight is 438 g/mol. The molecule has 3 rings (SSSR count). The minimum Gasteiger partial charge on any atom is -0.478 e. The van der Waals surface area contributed by atoms with E-state index in [1.165, 1.54) is 24.3 Å². The molecule has 0 aliphatic heterocycles. The maximum Gasteiger partial charge on any atom is 0.348 e. The lowest BCUT2D eigenvalue weighted by Gasteiger charge is -2.39. The molecule has 7 heteroatoms. The van der Waals surface area contributed by atoms with Gasteiger partial charge in [-0.3, -0.25) is 0 Å².